The molecule has 0 unspecified atom stereocenters. The van der Waals surface area contributed by atoms with Crippen molar-refractivity contribution >= 4 is 17.5 Å². The lowest BCUT2D eigenvalue weighted by molar-refractivity contribution is -0.111. The van der Waals surface area contributed by atoms with Gasteiger partial charge in [-0.15, -0.1) is 6.58 Å². The first-order valence-electron chi connectivity index (χ1n) is 11.4. The first-order valence-corrected chi connectivity index (χ1v) is 11.4. The number of allylic oxidation sites excluding steroid dienone is 1. The second kappa shape index (κ2) is 11.8. The van der Waals surface area contributed by atoms with Crippen LogP contribution in [0.15, 0.2) is 79.9 Å². The van der Waals surface area contributed by atoms with E-state index in [-0.39, 0.29) is 41.9 Å². The lowest BCUT2D eigenvalue weighted by Gasteiger charge is -2.21. The van der Waals surface area contributed by atoms with Crippen molar-refractivity contribution in [2.75, 3.05) is 5.32 Å². The van der Waals surface area contributed by atoms with Crippen molar-refractivity contribution in [1.82, 2.24) is 4.90 Å². The number of phenolic OH excluding ortho intramolecular Hbond substituents is 2. The van der Waals surface area contributed by atoms with Gasteiger partial charge in [-0.3, -0.25) is 9.59 Å². The van der Waals surface area contributed by atoms with Crippen molar-refractivity contribution < 1.29 is 24.5 Å². The predicted octanol–water partition coefficient (Wildman–Crippen LogP) is 5.46. The molecule has 7 heteroatoms. The van der Waals surface area contributed by atoms with E-state index >= 15 is 0 Å². The van der Waals surface area contributed by atoms with Gasteiger partial charge in [0.05, 0.1) is 0 Å². The number of phenols is 2. The van der Waals surface area contributed by atoms with Crippen LogP contribution in [-0.2, 0) is 24.5 Å². The lowest BCUT2D eigenvalue weighted by atomic mass is 10.1. The van der Waals surface area contributed by atoms with Crippen molar-refractivity contribution in [3.8, 4) is 17.2 Å². The maximum atomic E-state index is 13.5. The van der Waals surface area contributed by atoms with Gasteiger partial charge in [-0.05, 0) is 37.1 Å². The Morgan fingerprint density at radius 2 is 1.75 bits per heavy atom. The molecular formula is C29H30N2O5. The number of aromatic hydroxyl groups is 2. The van der Waals surface area contributed by atoms with Gasteiger partial charge < -0.3 is 25.2 Å². The minimum atomic E-state index is -0.434. The Morgan fingerprint density at radius 3 is 2.42 bits per heavy atom. The summed E-state index contributed by atoms with van der Waals surface area (Å²) in [6.07, 6.45) is 2.94. The highest BCUT2D eigenvalue weighted by molar-refractivity contribution is 6.02. The van der Waals surface area contributed by atoms with E-state index in [2.05, 4.69) is 18.5 Å². The molecule has 1 aliphatic rings. The summed E-state index contributed by atoms with van der Waals surface area (Å²) in [5.41, 5.74) is 3.57. The number of carbonyl (C=O) groups is 2. The third-order valence-corrected chi connectivity index (χ3v) is 5.64. The summed E-state index contributed by atoms with van der Waals surface area (Å²) in [6, 6.07) is 16.0. The second-order valence-corrected chi connectivity index (χ2v) is 8.22. The molecule has 3 N–H and O–H groups in total. The molecule has 3 aromatic rings. The maximum absolute atomic E-state index is 13.5. The Kier molecular flexibility index (Phi) is 8.52. The van der Waals surface area contributed by atoms with Gasteiger partial charge in [0.2, 0.25) is 5.91 Å². The number of benzene rings is 3. The van der Waals surface area contributed by atoms with Crippen LogP contribution in [0.5, 0.6) is 17.2 Å². The van der Waals surface area contributed by atoms with Crippen LogP contribution in [0.3, 0.4) is 0 Å². The second-order valence-electron chi connectivity index (χ2n) is 8.22. The maximum Gasteiger partial charge on any atom is 0.262 e. The van der Waals surface area contributed by atoms with Gasteiger partial charge in [-0.2, -0.15) is 0 Å². The zero-order valence-electron chi connectivity index (χ0n) is 20.5. The Labute approximate surface area is 211 Å². The monoisotopic (exact) mass is 486 g/mol. The normalized spacial score (nSPS) is 11.6. The minimum Gasteiger partial charge on any atom is -0.507 e. The van der Waals surface area contributed by atoms with Crippen molar-refractivity contribution in [2.24, 2.45) is 0 Å². The number of fused-ring (bicyclic) bond motifs is 1. The van der Waals surface area contributed by atoms with Gasteiger partial charge in [0, 0.05) is 36.0 Å². The number of nitrogens with one attached hydrogen (secondary N) is 1. The highest BCUT2D eigenvalue weighted by atomic mass is 16.5. The van der Waals surface area contributed by atoms with Gasteiger partial charge >= 0.3 is 0 Å². The summed E-state index contributed by atoms with van der Waals surface area (Å²) in [4.78, 5) is 26.9. The summed E-state index contributed by atoms with van der Waals surface area (Å²) in [5.74, 6) is -1.15. The first-order chi connectivity index (χ1) is 17.3. The molecule has 0 atom stereocenters. The standard InChI is InChI=1S/C26H24N2O5.C3H6/c1-3-23(31)27-20-11-7-10-18-13-28(14-19(18)20)26(32)24-22(30)12-21(29)16(2)25(24)33-15-17-8-5-4-6-9-17;1-3-2/h3-12,29-30H,1,13-15H2,2H3,(H,27,31);3H,1H2,2H3. The number of amides is 2. The average Bonchev–Trinajstić information content (AvgIpc) is 3.31. The third kappa shape index (κ3) is 5.75. The fraction of sp³-hybridized carbons (Fsp3) is 0.172. The molecule has 7 nitrogen and oxygen atoms in total. The molecular weight excluding hydrogens is 456 g/mol. The summed E-state index contributed by atoms with van der Waals surface area (Å²) in [6.45, 7) is 11.1. The van der Waals surface area contributed by atoms with Crippen LogP contribution in [0, 0.1) is 6.92 Å². The molecule has 0 spiro atoms. The molecule has 186 valence electrons. The highest BCUT2D eigenvalue weighted by Gasteiger charge is 2.31. The number of ether oxygens (including phenoxy) is 1. The van der Waals surface area contributed by atoms with Crippen molar-refractivity contribution in [3.05, 3.63) is 108 Å². The Hall–Kier alpha value is -4.52. The molecule has 0 saturated heterocycles. The SMILES string of the molecule is C=CC.C=CC(=O)Nc1cccc2c1CN(C(=O)c1c(O)cc(O)c(C)c1OCc1ccccc1)C2. The number of carbonyl (C=O) groups excluding carboxylic acids is 2. The molecule has 0 aromatic heterocycles. The molecule has 0 aliphatic carbocycles. The zero-order valence-corrected chi connectivity index (χ0v) is 20.5. The summed E-state index contributed by atoms with van der Waals surface area (Å²) in [7, 11) is 0. The molecule has 1 aliphatic heterocycles. The van der Waals surface area contributed by atoms with Gasteiger partial charge in [-0.1, -0.05) is 55.1 Å². The van der Waals surface area contributed by atoms with Crippen LogP contribution in [0.1, 0.15) is 39.5 Å². The molecule has 0 bridgehead atoms. The lowest BCUT2D eigenvalue weighted by Crippen LogP contribution is -2.26. The van der Waals surface area contributed by atoms with Gasteiger partial charge in [0.15, 0.2) is 0 Å². The van der Waals surface area contributed by atoms with Crippen LogP contribution in [0.4, 0.5) is 5.69 Å². The Bertz CT molecular complexity index is 1280. The fourth-order valence-electron chi connectivity index (χ4n) is 3.87. The Balaban J connectivity index is 0.00000115. The predicted molar refractivity (Wildman–Crippen MR) is 140 cm³/mol. The van der Waals surface area contributed by atoms with Crippen LogP contribution in [-0.4, -0.2) is 26.9 Å². The van der Waals surface area contributed by atoms with Crippen LogP contribution in [0.25, 0.3) is 0 Å². The molecule has 4 rings (SSSR count). The molecule has 0 radical (unpaired) electrons. The van der Waals surface area contributed by atoms with Gasteiger partial charge in [-0.25, -0.2) is 0 Å². The van der Waals surface area contributed by atoms with E-state index in [1.807, 2.05) is 49.4 Å². The number of rotatable bonds is 6. The summed E-state index contributed by atoms with van der Waals surface area (Å²) in [5, 5.41) is 23.6. The van der Waals surface area contributed by atoms with Gasteiger partial charge in [0.25, 0.3) is 5.91 Å². The van der Waals surface area contributed by atoms with Crippen molar-refractivity contribution in [3.63, 3.8) is 0 Å². The average molecular weight is 487 g/mol. The molecule has 1 heterocycles. The smallest absolute Gasteiger partial charge is 0.262 e. The van der Waals surface area contributed by atoms with E-state index < -0.39 is 5.91 Å². The molecule has 2 amide bonds. The van der Waals surface area contributed by atoms with Crippen molar-refractivity contribution in [2.45, 2.75) is 33.5 Å². The first kappa shape index (κ1) is 26.1. The van der Waals surface area contributed by atoms with Crippen molar-refractivity contribution in [1.29, 1.82) is 0 Å². The van der Waals surface area contributed by atoms with E-state index in [9.17, 15) is 19.8 Å². The van der Waals surface area contributed by atoms with E-state index in [1.54, 1.807) is 24.0 Å². The third-order valence-electron chi connectivity index (χ3n) is 5.64. The zero-order chi connectivity index (χ0) is 26.2. The van der Waals surface area contributed by atoms with Crippen LogP contribution in [0.2, 0.25) is 0 Å². The van der Waals surface area contributed by atoms with E-state index in [0.717, 1.165) is 22.8 Å². The van der Waals surface area contributed by atoms with Gasteiger partial charge in [0.1, 0.15) is 29.4 Å². The highest BCUT2D eigenvalue weighted by Crippen LogP contribution is 2.40. The minimum absolute atomic E-state index is 0.00860. The molecule has 0 fully saturated rings. The Morgan fingerprint density at radius 1 is 1.06 bits per heavy atom. The quantitative estimate of drug-likeness (QED) is 0.318. The summed E-state index contributed by atoms with van der Waals surface area (Å²) < 4.78 is 5.93. The van der Waals surface area contributed by atoms with E-state index in [1.165, 1.54) is 6.08 Å². The molecule has 0 saturated carbocycles. The topological polar surface area (TPSA) is 99.1 Å². The number of nitrogens with zero attached hydrogens (tertiary/aromatic N) is 1. The number of hydrogen-bond acceptors (Lipinski definition) is 5. The van der Waals surface area contributed by atoms with Crippen LogP contribution >= 0.6 is 0 Å². The summed E-state index contributed by atoms with van der Waals surface area (Å²) >= 11 is 0. The molecule has 3 aromatic carbocycles. The largest absolute Gasteiger partial charge is 0.507 e. The van der Waals surface area contributed by atoms with Crippen LogP contribution < -0.4 is 10.1 Å². The number of hydrogen-bond donors (Lipinski definition) is 3. The molecule has 36 heavy (non-hydrogen) atoms. The number of anilines is 1. The van der Waals surface area contributed by atoms with E-state index in [0.29, 0.717) is 17.8 Å². The fourth-order valence-corrected chi connectivity index (χ4v) is 3.87. The van der Waals surface area contributed by atoms with E-state index in [4.69, 9.17) is 4.74 Å².